The van der Waals surface area contributed by atoms with E-state index in [-0.39, 0.29) is 0 Å². The fourth-order valence-corrected chi connectivity index (χ4v) is 2.54. The maximum atomic E-state index is 5.50. The molecule has 0 fully saturated rings. The van der Waals surface area contributed by atoms with Gasteiger partial charge in [0.2, 0.25) is 0 Å². The Morgan fingerprint density at radius 1 is 1.15 bits per heavy atom. The van der Waals surface area contributed by atoms with E-state index >= 15 is 0 Å². The molecule has 0 unspecified atom stereocenters. The van der Waals surface area contributed by atoms with E-state index in [4.69, 9.17) is 6.42 Å². The number of terminal acetylenes is 1. The summed E-state index contributed by atoms with van der Waals surface area (Å²) in [5.41, 5.74) is 1.13. The van der Waals surface area contributed by atoms with E-state index in [2.05, 4.69) is 42.4 Å². The van der Waals surface area contributed by atoms with Crippen LogP contribution >= 0.6 is 0 Å². The Morgan fingerprint density at radius 2 is 1.69 bits per heavy atom. The first-order chi connectivity index (χ1) is 6.05. The molecule has 1 aromatic carbocycles. The quantitative estimate of drug-likeness (QED) is 0.393. The van der Waals surface area contributed by atoms with Crippen LogP contribution in [0.15, 0.2) is 30.3 Å². The number of benzene rings is 1. The highest BCUT2D eigenvalue weighted by molar-refractivity contribution is 6.80. The van der Waals surface area contributed by atoms with Crippen molar-refractivity contribution in [2.24, 2.45) is 0 Å². The zero-order valence-corrected chi connectivity index (χ0v) is 9.41. The Morgan fingerprint density at radius 3 is 2.08 bits per heavy atom. The molecule has 0 aliphatic carbocycles. The van der Waals surface area contributed by atoms with Crippen LogP contribution in [0.2, 0.25) is 19.6 Å². The smallest absolute Gasteiger partial charge is 0.163 e. The number of hydrogen-bond donors (Lipinski definition) is 0. The van der Waals surface area contributed by atoms with Crippen LogP contribution in [0.4, 0.5) is 5.69 Å². The van der Waals surface area contributed by atoms with Gasteiger partial charge in [-0.05, 0) is 18.2 Å². The summed E-state index contributed by atoms with van der Waals surface area (Å²) in [7, 11) is -1.43. The van der Waals surface area contributed by atoms with Gasteiger partial charge in [0.25, 0.3) is 0 Å². The molecule has 0 aliphatic rings. The van der Waals surface area contributed by atoms with Gasteiger partial charge in [0, 0.05) is 5.69 Å². The highest BCUT2D eigenvalue weighted by Gasteiger charge is 2.22. The molecule has 0 bridgehead atoms. The molecule has 1 rings (SSSR count). The van der Waals surface area contributed by atoms with Crippen LogP contribution in [-0.2, 0) is 0 Å². The van der Waals surface area contributed by atoms with E-state index < -0.39 is 8.24 Å². The zero-order chi connectivity index (χ0) is 9.90. The molecule has 0 amide bonds. The van der Waals surface area contributed by atoms with Crippen molar-refractivity contribution < 1.29 is 0 Å². The molecule has 1 nitrogen and oxygen atoms in total. The lowest BCUT2D eigenvalue weighted by molar-refractivity contribution is 1.37. The second-order valence-electron chi connectivity index (χ2n) is 3.97. The minimum atomic E-state index is -1.43. The highest BCUT2D eigenvalue weighted by atomic mass is 28.3. The molecule has 68 valence electrons. The van der Waals surface area contributed by atoms with E-state index in [0.717, 1.165) is 5.69 Å². The Hall–Kier alpha value is -1.20. The van der Waals surface area contributed by atoms with Gasteiger partial charge in [-0.2, -0.15) is 0 Å². The van der Waals surface area contributed by atoms with Gasteiger partial charge in [-0.15, -0.1) is 0 Å². The predicted octanol–water partition coefficient (Wildman–Crippen LogP) is 2.92. The lowest BCUT2D eigenvalue weighted by Gasteiger charge is -2.30. The van der Waals surface area contributed by atoms with Crippen molar-refractivity contribution in [3.63, 3.8) is 0 Å². The van der Waals surface area contributed by atoms with Gasteiger partial charge in [0.05, 0.1) is 0 Å². The third-order valence-electron chi connectivity index (χ3n) is 1.81. The van der Waals surface area contributed by atoms with Crippen LogP contribution in [0.25, 0.3) is 0 Å². The summed E-state index contributed by atoms with van der Waals surface area (Å²) in [6.07, 6.45) is 5.50. The average Bonchev–Trinajstić information content (AvgIpc) is 2.05. The van der Waals surface area contributed by atoms with Gasteiger partial charge in [-0.3, -0.25) is 0 Å². The number of anilines is 1. The zero-order valence-electron chi connectivity index (χ0n) is 8.41. The standard InChI is InChI=1S/C11H15NSi/c1-5-12(13(2,3)4)11-9-7-6-8-10-11/h1,6-10H,2-4H3. The van der Waals surface area contributed by atoms with E-state index in [1.807, 2.05) is 18.2 Å². The third kappa shape index (κ3) is 2.36. The summed E-state index contributed by atoms with van der Waals surface area (Å²) >= 11 is 0. The van der Waals surface area contributed by atoms with Crippen LogP contribution in [-0.4, -0.2) is 8.24 Å². The molecule has 0 saturated carbocycles. The van der Waals surface area contributed by atoms with Crippen molar-refractivity contribution in [1.29, 1.82) is 0 Å². The molecule has 0 aromatic heterocycles. The second-order valence-corrected chi connectivity index (χ2v) is 8.76. The molecule has 0 saturated heterocycles. The minimum absolute atomic E-state index is 1.13. The predicted molar refractivity (Wildman–Crippen MR) is 61.1 cm³/mol. The Bertz CT molecular complexity index is 305. The molecule has 0 atom stereocenters. The summed E-state index contributed by atoms with van der Waals surface area (Å²) in [5, 5.41) is 0. The Labute approximate surface area is 81.5 Å². The summed E-state index contributed by atoms with van der Waals surface area (Å²) in [6.45, 7) is 6.71. The first kappa shape index (κ1) is 9.88. The van der Waals surface area contributed by atoms with Crippen molar-refractivity contribution in [2.45, 2.75) is 19.6 Å². The normalized spacial score (nSPS) is 10.6. The van der Waals surface area contributed by atoms with E-state index in [0.29, 0.717) is 0 Å². The molecule has 0 aliphatic heterocycles. The molecular formula is C11H15NSi. The Kier molecular flexibility index (Phi) is 2.79. The summed E-state index contributed by atoms with van der Waals surface area (Å²) in [6, 6.07) is 12.9. The van der Waals surface area contributed by atoms with Crippen molar-refractivity contribution in [1.82, 2.24) is 0 Å². The molecule has 0 heterocycles. The van der Waals surface area contributed by atoms with Crippen molar-refractivity contribution in [3.05, 3.63) is 30.3 Å². The molecule has 2 heteroatoms. The van der Waals surface area contributed by atoms with Gasteiger partial charge >= 0.3 is 0 Å². The van der Waals surface area contributed by atoms with Crippen LogP contribution < -0.4 is 4.57 Å². The SMILES string of the molecule is C#CN(c1ccccc1)[Si](C)(C)C. The monoisotopic (exact) mass is 189 g/mol. The maximum Gasteiger partial charge on any atom is 0.163 e. The molecular weight excluding hydrogens is 174 g/mol. The highest BCUT2D eigenvalue weighted by Crippen LogP contribution is 2.19. The van der Waals surface area contributed by atoms with Crippen LogP contribution in [0.3, 0.4) is 0 Å². The fourth-order valence-electron chi connectivity index (χ4n) is 1.23. The third-order valence-corrected chi connectivity index (χ3v) is 3.54. The van der Waals surface area contributed by atoms with Crippen molar-refractivity contribution in [2.75, 3.05) is 4.57 Å². The topological polar surface area (TPSA) is 3.24 Å². The lowest BCUT2D eigenvalue weighted by Crippen LogP contribution is -2.42. The van der Waals surface area contributed by atoms with Gasteiger partial charge < -0.3 is 4.57 Å². The minimum Gasteiger partial charge on any atom is -0.330 e. The number of hydrogen-bond acceptors (Lipinski definition) is 1. The van der Waals surface area contributed by atoms with Gasteiger partial charge in [-0.25, -0.2) is 0 Å². The molecule has 0 N–H and O–H groups in total. The summed E-state index contributed by atoms with van der Waals surface area (Å²) in [4.78, 5) is 0. The Balaban J connectivity index is 3.01. The largest absolute Gasteiger partial charge is 0.330 e. The van der Waals surface area contributed by atoms with Gasteiger partial charge in [0.1, 0.15) is 0 Å². The number of nitrogens with zero attached hydrogens (tertiary/aromatic N) is 1. The number of para-hydroxylation sites is 1. The van der Waals surface area contributed by atoms with Crippen LogP contribution in [0.5, 0.6) is 0 Å². The van der Waals surface area contributed by atoms with E-state index in [9.17, 15) is 0 Å². The average molecular weight is 189 g/mol. The van der Waals surface area contributed by atoms with Crippen molar-refractivity contribution in [3.8, 4) is 12.5 Å². The van der Waals surface area contributed by atoms with Crippen LogP contribution in [0, 0.1) is 12.5 Å². The van der Waals surface area contributed by atoms with Crippen molar-refractivity contribution >= 4 is 13.9 Å². The van der Waals surface area contributed by atoms with Crippen LogP contribution in [0.1, 0.15) is 0 Å². The second kappa shape index (κ2) is 3.67. The van der Waals surface area contributed by atoms with E-state index in [1.165, 1.54) is 0 Å². The molecule has 0 spiro atoms. The maximum absolute atomic E-state index is 5.50. The first-order valence-electron chi connectivity index (χ1n) is 4.37. The van der Waals surface area contributed by atoms with E-state index in [1.54, 1.807) is 0 Å². The molecule has 0 radical (unpaired) electrons. The fraction of sp³-hybridized carbons (Fsp3) is 0.273. The summed E-state index contributed by atoms with van der Waals surface area (Å²) in [5.74, 6) is 0. The number of rotatable bonds is 2. The van der Waals surface area contributed by atoms with Gasteiger partial charge in [0.15, 0.2) is 8.24 Å². The molecule has 1 aromatic rings. The first-order valence-corrected chi connectivity index (χ1v) is 7.82. The van der Waals surface area contributed by atoms with Gasteiger partial charge in [-0.1, -0.05) is 44.3 Å². The molecule has 13 heavy (non-hydrogen) atoms. The lowest BCUT2D eigenvalue weighted by atomic mass is 10.3. The summed E-state index contributed by atoms with van der Waals surface area (Å²) < 4.78 is 2.06.